The second-order valence-corrected chi connectivity index (χ2v) is 4.69. The number of unbranched alkanes of at least 4 members (excludes halogenated alkanes) is 3. The lowest BCUT2D eigenvalue weighted by atomic mass is 9.89. The first kappa shape index (κ1) is 14.1. The van der Waals surface area contributed by atoms with Crippen molar-refractivity contribution in [1.82, 2.24) is 0 Å². The zero-order chi connectivity index (χ0) is 12.9. The van der Waals surface area contributed by atoms with Gasteiger partial charge in [-0.2, -0.15) is 0 Å². The van der Waals surface area contributed by atoms with Gasteiger partial charge >= 0.3 is 0 Å². The number of hydrogen-bond donors (Lipinski definition) is 1. The lowest BCUT2D eigenvalue weighted by Crippen LogP contribution is -2.23. The lowest BCUT2D eigenvalue weighted by molar-refractivity contribution is 0.0405. The van der Waals surface area contributed by atoms with E-state index in [9.17, 15) is 13.9 Å². The van der Waals surface area contributed by atoms with Gasteiger partial charge in [-0.15, -0.1) is 0 Å². The number of benzene rings is 1. The average molecular weight is 242 g/mol. The summed E-state index contributed by atoms with van der Waals surface area (Å²) in [4.78, 5) is 0. The number of hydrogen-bond acceptors (Lipinski definition) is 1. The molecule has 1 aromatic rings. The first-order valence-corrected chi connectivity index (χ1v) is 6.16. The standard InChI is InChI=1S/C14H20F2O/c1-3-4-5-6-10-14(2,17)11-8-7-9-12(15)13(11)16/h7-9,17H,3-6,10H2,1-2H3. The molecule has 0 amide bonds. The monoisotopic (exact) mass is 242 g/mol. The Hall–Kier alpha value is -0.960. The molecule has 96 valence electrons. The highest BCUT2D eigenvalue weighted by atomic mass is 19.2. The average Bonchev–Trinajstić information content (AvgIpc) is 2.28. The molecule has 0 saturated heterocycles. The molecule has 17 heavy (non-hydrogen) atoms. The Bertz CT molecular complexity index is 361. The van der Waals surface area contributed by atoms with Gasteiger partial charge in [0, 0.05) is 5.56 Å². The molecule has 1 rings (SSSR count). The van der Waals surface area contributed by atoms with Gasteiger partial charge in [-0.05, 0) is 19.4 Å². The molecular weight excluding hydrogens is 222 g/mol. The zero-order valence-corrected chi connectivity index (χ0v) is 10.5. The summed E-state index contributed by atoms with van der Waals surface area (Å²) in [6.07, 6.45) is 4.48. The maximum absolute atomic E-state index is 13.5. The van der Waals surface area contributed by atoms with Crippen molar-refractivity contribution in [2.75, 3.05) is 0 Å². The van der Waals surface area contributed by atoms with Crippen LogP contribution in [0.5, 0.6) is 0 Å². The van der Waals surface area contributed by atoms with E-state index in [1.807, 2.05) is 0 Å². The molecule has 0 bridgehead atoms. The van der Waals surface area contributed by atoms with Crippen LogP contribution in [0.1, 0.15) is 51.5 Å². The minimum Gasteiger partial charge on any atom is -0.385 e. The van der Waals surface area contributed by atoms with Gasteiger partial charge in [0.15, 0.2) is 11.6 Å². The Morgan fingerprint density at radius 3 is 2.53 bits per heavy atom. The second kappa shape index (κ2) is 6.10. The molecular formula is C14H20F2O. The third-order valence-electron chi connectivity index (χ3n) is 3.05. The molecule has 1 atom stereocenters. The van der Waals surface area contributed by atoms with E-state index in [1.165, 1.54) is 19.1 Å². The van der Waals surface area contributed by atoms with Crippen LogP contribution in [0.25, 0.3) is 0 Å². The quantitative estimate of drug-likeness (QED) is 0.743. The first-order chi connectivity index (χ1) is 7.99. The molecule has 1 unspecified atom stereocenters. The van der Waals surface area contributed by atoms with Crippen molar-refractivity contribution in [3.63, 3.8) is 0 Å². The largest absolute Gasteiger partial charge is 0.385 e. The molecule has 1 N–H and O–H groups in total. The third-order valence-corrected chi connectivity index (χ3v) is 3.05. The van der Waals surface area contributed by atoms with E-state index in [0.717, 1.165) is 31.7 Å². The van der Waals surface area contributed by atoms with Gasteiger partial charge in [0.2, 0.25) is 0 Å². The summed E-state index contributed by atoms with van der Waals surface area (Å²) in [5.41, 5.74) is -1.24. The molecule has 0 aliphatic rings. The van der Waals surface area contributed by atoms with E-state index in [2.05, 4.69) is 6.92 Å². The Kier molecular flexibility index (Phi) is 5.06. The van der Waals surface area contributed by atoms with Crippen molar-refractivity contribution in [3.05, 3.63) is 35.4 Å². The summed E-state index contributed by atoms with van der Waals surface area (Å²) in [5, 5.41) is 10.2. The van der Waals surface area contributed by atoms with E-state index in [1.54, 1.807) is 0 Å². The highest BCUT2D eigenvalue weighted by molar-refractivity contribution is 5.24. The molecule has 0 fully saturated rings. The molecule has 0 heterocycles. The summed E-state index contributed by atoms with van der Waals surface area (Å²) in [6.45, 7) is 3.64. The van der Waals surface area contributed by atoms with E-state index in [4.69, 9.17) is 0 Å². The summed E-state index contributed by atoms with van der Waals surface area (Å²) in [7, 11) is 0. The van der Waals surface area contributed by atoms with Gasteiger partial charge in [-0.25, -0.2) is 8.78 Å². The zero-order valence-electron chi connectivity index (χ0n) is 10.5. The minimum atomic E-state index is -1.29. The predicted molar refractivity (Wildman–Crippen MR) is 64.7 cm³/mol. The fourth-order valence-corrected chi connectivity index (χ4v) is 1.95. The van der Waals surface area contributed by atoms with Gasteiger partial charge in [0.1, 0.15) is 0 Å². The Balaban J connectivity index is 2.71. The first-order valence-electron chi connectivity index (χ1n) is 6.16. The minimum absolute atomic E-state index is 0.0500. The van der Waals surface area contributed by atoms with Crippen molar-refractivity contribution in [1.29, 1.82) is 0 Å². The Morgan fingerprint density at radius 1 is 1.18 bits per heavy atom. The maximum Gasteiger partial charge on any atom is 0.164 e. The van der Waals surface area contributed by atoms with Crippen LogP contribution in [0.2, 0.25) is 0 Å². The second-order valence-electron chi connectivity index (χ2n) is 4.69. The molecule has 1 aromatic carbocycles. The van der Waals surface area contributed by atoms with Crippen LogP contribution in [0.15, 0.2) is 18.2 Å². The number of halogens is 2. The van der Waals surface area contributed by atoms with Crippen molar-refractivity contribution < 1.29 is 13.9 Å². The van der Waals surface area contributed by atoms with Crippen molar-refractivity contribution in [2.45, 2.75) is 51.6 Å². The molecule has 0 saturated carbocycles. The SMILES string of the molecule is CCCCCCC(C)(O)c1cccc(F)c1F. The molecule has 0 aromatic heterocycles. The van der Waals surface area contributed by atoms with E-state index in [0.29, 0.717) is 6.42 Å². The lowest BCUT2D eigenvalue weighted by Gasteiger charge is -2.24. The van der Waals surface area contributed by atoms with Gasteiger partial charge in [-0.3, -0.25) is 0 Å². The van der Waals surface area contributed by atoms with Crippen LogP contribution in [-0.2, 0) is 5.60 Å². The summed E-state index contributed by atoms with van der Waals surface area (Å²) < 4.78 is 26.6. The fourth-order valence-electron chi connectivity index (χ4n) is 1.95. The topological polar surface area (TPSA) is 20.2 Å². The molecule has 1 nitrogen and oxygen atoms in total. The summed E-state index contributed by atoms with van der Waals surface area (Å²) in [5.74, 6) is -1.84. The highest BCUT2D eigenvalue weighted by Crippen LogP contribution is 2.29. The van der Waals surface area contributed by atoms with Crippen LogP contribution in [0, 0.1) is 11.6 Å². The maximum atomic E-state index is 13.5. The Labute approximate surface area is 101 Å². The van der Waals surface area contributed by atoms with Crippen LogP contribution in [0.4, 0.5) is 8.78 Å². The predicted octanol–water partition coefficient (Wildman–Crippen LogP) is 4.14. The Morgan fingerprint density at radius 2 is 1.88 bits per heavy atom. The summed E-state index contributed by atoms with van der Waals surface area (Å²) >= 11 is 0. The van der Waals surface area contributed by atoms with Crippen LogP contribution < -0.4 is 0 Å². The highest BCUT2D eigenvalue weighted by Gasteiger charge is 2.27. The number of rotatable bonds is 6. The van der Waals surface area contributed by atoms with Crippen LogP contribution >= 0.6 is 0 Å². The van der Waals surface area contributed by atoms with E-state index in [-0.39, 0.29) is 5.56 Å². The molecule has 0 aliphatic carbocycles. The molecule has 3 heteroatoms. The van der Waals surface area contributed by atoms with Crippen LogP contribution in [0.3, 0.4) is 0 Å². The molecule has 0 spiro atoms. The van der Waals surface area contributed by atoms with Gasteiger partial charge < -0.3 is 5.11 Å². The fraction of sp³-hybridized carbons (Fsp3) is 0.571. The van der Waals surface area contributed by atoms with Gasteiger partial charge in [0.05, 0.1) is 5.60 Å². The third kappa shape index (κ3) is 3.77. The van der Waals surface area contributed by atoms with Gasteiger partial charge in [-0.1, -0.05) is 44.7 Å². The number of aliphatic hydroxyl groups is 1. The smallest absolute Gasteiger partial charge is 0.164 e. The van der Waals surface area contributed by atoms with Gasteiger partial charge in [0.25, 0.3) is 0 Å². The molecule has 0 aliphatic heterocycles. The van der Waals surface area contributed by atoms with Crippen molar-refractivity contribution >= 4 is 0 Å². The van der Waals surface area contributed by atoms with Crippen molar-refractivity contribution in [3.8, 4) is 0 Å². The summed E-state index contributed by atoms with van der Waals surface area (Å²) in [6, 6.07) is 3.93. The van der Waals surface area contributed by atoms with Crippen molar-refractivity contribution in [2.24, 2.45) is 0 Å². The molecule has 0 radical (unpaired) electrons. The normalized spacial score (nSPS) is 14.6. The van der Waals surface area contributed by atoms with E-state index < -0.39 is 17.2 Å². The van der Waals surface area contributed by atoms with E-state index >= 15 is 0 Å². The van der Waals surface area contributed by atoms with Crippen LogP contribution in [-0.4, -0.2) is 5.11 Å².